The number of morpholine rings is 1. The van der Waals surface area contributed by atoms with Crippen LogP contribution in [-0.2, 0) is 16.0 Å². The first-order chi connectivity index (χ1) is 11.6. The van der Waals surface area contributed by atoms with Crippen molar-refractivity contribution in [2.24, 2.45) is 5.92 Å². The van der Waals surface area contributed by atoms with E-state index in [1.54, 1.807) is 0 Å². The van der Waals surface area contributed by atoms with Gasteiger partial charge in [-0.3, -0.25) is 9.69 Å². The predicted molar refractivity (Wildman–Crippen MR) is 92.9 cm³/mol. The maximum Gasteiger partial charge on any atom is 0.224 e. The SMILES string of the molecule is CCC(CC)C(CNC(=O)Cc1c(C)noc1C)N1CCOCC1. The Morgan fingerprint density at radius 2 is 1.92 bits per heavy atom. The maximum absolute atomic E-state index is 12.4. The van der Waals surface area contributed by atoms with Crippen LogP contribution in [0.4, 0.5) is 0 Å². The molecular formula is C18H31N3O3. The summed E-state index contributed by atoms with van der Waals surface area (Å²) >= 11 is 0. The molecule has 6 heteroatoms. The molecule has 1 atom stereocenters. The van der Waals surface area contributed by atoms with Crippen molar-refractivity contribution in [1.29, 1.82) is 0 Å². The molecule has 0 spiro atoms. The number of hydrogen-bond acceptors (Lipinski definition) is 5. The molecule has 136 valence electrons. The molecule has 2 rings (SSSR count). The molecule has 1 fully saturated rings. The number of aryl methyl sites for hydroxylation is 2. The number of carbonyl (C=O) groups excluding carboxylic acids is 1. The van der Waals surface area contributed by atoms with Gasteiger partial charge in [-0.05, 0) is 19.8 Å². The minimum Gasteiger partial charge on any atom is -0.379 e. The molecule has 0 aliphatic carbocycles. The van der Waals surface area contributed by atoms with Gasteiger partial charge in [0, 0.05) is 31.2 Å². The summed E-state index contributed by atoms with van der Waals surface area (Å²) in [7, 11) is 0. The van der Waals surface area contributed by atoms with Crippen LogP contribution in [0.5, 0.6) is 0 Å². The number of rotatable bonds is 8. The minimum absolute atomic E-state index is 0.0358. The number of aromatic nitrogens is 1. The van der Waals surface area contributed by atoms with E-state index in [0.717, 1.165) is 56.2 Å². The number of amides is 1. The topological polar surface area (TPSA) is 67.6 Å². The van der Waals surface area contributed by atoms with Gasteiger partial charge < -0.3 is 14.6 Å². The molecule has 0 saturated carbocycles. The number of nitrogens with one attached hydrogen (secondary N) is 1. The van der Waals surface area contributed by atoms with Gasteiger partial charge in [0.1, 0.15) is 5.76 Å². The van der Waals surface area contributed by atoms with Crippen LogP contribution in [0.25, 0.3) is 0 Å². The van der Waals surface area contributed by atoms with Crippen molar-refractivity contribution in [3.63, 3.8) is 0 Å². The molecule has 1 unspecified atom stereocenters. The molecule has 0 bridgehead atoms. The number of hydrogen-bond donors (Lipinski definition) is 1. The van der Waals surface area contributed by atoms with E-state index in [4.69, 9.17) is 9.26 Å². The van der Waals surface area contributed by atoms with Crippen molar-refractivity contribution < 1.29 is 14.1 Å². The summed E-state index contributed by atoms with van der Waals surface area (Å²) < 4.78 is 10.6. The lowest BCUT2D eigenvalue weighted by molar-refractivity contribution is -0.121. The van der Waals surface area contributed by atoms with E-state index in [1.807, 2.05) is 13.8 Å². The monoisotopic (exact) mass is 337 g/mol. The van der Waals surface area contributed by atoms with Crippen LogP contribution in [-0.4, -0.2) is 54.9 Å². The summed E-state index contributed by atoms with van der Waals surface area (Å²) in [6.07, 6.45) is 2.58. The van der Waals surface area contributed by atoms with Crippen LogP contribution in [0.3, 0.4) is 0 Å². The zero-order chi connectivity index (χ0) is 17.5. The summed E-state index contributed by atoms with van der Waals surface area (Å²) in [6.45, 7) is 12.3. The van der Waals surface area contributed by atoms with Crippen LogP contribution < -0.4 is 5.32 Å². The highest BCUT2D eigenvalue weighted by Crippen LogP contribution is 2.20. The first kappa shape index (κ1) is 18.9. The molecule has 1 aromatic rings. The second-order valence-electron chi connectivity index (χ2n) is 6.58. The maximum atomic E-state index is 12.4. The van der Waals surface area contributed by atoms with Gasteiger partial charge >= 0.3 is 0 Å². The highest BCUT2D eigenvalue weighted by Gasteiger charge is 2.27. The molecule has 1 aliphatic rings. The summed E-state index contributed by atoms with van der Waals surface area (Å²) in [5.41, 5.74) is 1.70. The molecule has 0 aromatic carbocycles. The van der Waals surface area contributed by atoms with Gasteiger partial charge in [0.15, 0.2) is 0 Å². The van der Waals surface area contributed by atoms with Crippen LogP contribution in [0, 0.1) is 19.8 Å². The van der Waals surface area contributed by atoms with Crippen LogP contribution in [0.1, 0.15) is 43.7 Å². The first-order valence-corrected chi connectivity index (χ1v) is 9.07. The Labute approximate surface area is 144 Å². The van der Waals surface area contributed by atoms with Crippen LogP contribution in [0.2, 0.25) is 0 Å². The van der Waals surface area contributed by atoms with E-state index in [0.29, 0.717) is 24.9 Å². The van der Waals surface area contributed by atoms with Gasteiger partial charge in [-0.1, -0.05) is 31.8 Å². The lowest BCUT2D eigenvalue weighted by atomic mass is 9.92. The van der Waals surface area contributed by atoms with Crippen molar-refractivity contribution in [2.45, 2.75) is 53.0 Å². The number of ether oxygens (including phenoxy) is 1. The van der Waals surface area contributed by atoms with Gasteiger partial charge in [0.25, 0.3) is 0 Å². The van der Waals surface area contributed by atoms with Crippen molar-refractivity contribution >= 4 is 5.91 Å². The molecule has 1 saturated heterocycles. The average Bonchev–Trinajstić information content (AvgIpc) is 2.91. The largest absolute Gasteiger partial charge is 0.379 e. The molecule has 2 heterocycles. The smallest absolute Gasteiger partial charge is 0.224 e. The van der Waals surface area contributed by atoms with E-state index >= 15 is 0 Å². The molecule has 1 aliphatic heterocycles. The Morgan fingerprint density at radius 3 is 2.46 bits per heavy atom. The second kappa shape index (κ2) is 9.18. The molecule has 0 radical (unpaired) electrons. The Bertz CT molecular complexity index is 500. The quantitative estimate of drug-likeness (QED) is 0.787. The second-order valence-corrected chi connectivity index (χ2v) is 6.58. The minimum atomic E-state index is 0.0358. The van der Waals surface area contributed by atoms with Crippen LogP contribution in [0.15, 0.2) is 4.52 Å². The van der Waals surface area contributed by atoms with Crippen molar-refractivity contribution in [1.82, 2.24) is 15.4 Å². The average molecular weight is 337 g/mol. The van der Waals surface area contributed by atoms with E-state index in [1.165, 1.54) is 0 Å². The normalized spacial score (nSPS) is 17.2. The molecule has 6 nitrogen and oxygen atoms in total. The fraction of sp³-hybridized carbons (Fsp3) is 0.778. The highest BCUT2D eigenvalue weighted by molar-refractivity contribution is 5.79. The van der Waals surface area contributed by atoms with Crippen molar-refractivity contribution in [3.05, 3.63) is 17.0 Å². The summed E-state index contributed by atoms with van der Waals surface area (Å²) in [6, 6.07) is 0.373. The van der Waals surface area contributed by atoms with E-state index in [2.05, 4.69) is 29.2 Å². The molecular weight excluding hydrogens is 306 g/mol. The van der Waals surface area contributed by atoms with Gasteiger partial charge in [-0.2, -0.15) is 0 Å². The molecule has 1 N–H and O–H groups in total. The Hall–Kier alpha value is -1.40. The van der Waals surface area contributed by atoms with Gasteiger partial charge in [0.2, 0.25) is 5.91 Å². The number of nitrogens with zero attached hydrogens (tertiary/aromatic N) is 2. The zero-order valence-corrected chi connectivity index (χ0v) is 15.4. The fourth-order valence-corrected chi connectivity index (χ4v) is 3.53. The lowest BCUT2D eigenvalue weighted by Gasteiger charge is -2.38. The van der Waals surface area contributed by atoms with Gasteiger partial charge in [-0.15, -0.1) is 0 Å². The number of carbonyl (C=O) groups is 1. The third kappa shape index (κ3) is 4.80. The van der Waals surface area contributed by atoms with Gasteiger partial charge in [-0.25, -0.2) is 0 Å². The predicted octanol–water partition coefficient (Wildman–Crippen LogP) is 2.09. The molecule has 24 heavy (non-hydrogen) atoms. The van der Waals surface area contributed by atoms with Crippen molar-refractivity contribution in [3.8, 4) is 0 Å². The summed E-state index contributed by atoms with van der Waals surface area (Å²) in [4.78, 5) is 14.8. The first-order valence-electron chi connectivity index (χ1n) is 9.07. The lowest BCUT2D eigenvalue weighted by Crippen LogP contribution is -2.52. The van der Waals surface area contributed by atoms with Gasteiger partial charge in [0.05, 0.1) is 25.3 Å². The third-order valence-electron chi connectivity index (χ3n) is 5.13. The van der Waals surface area contributed by atoms with E-state index < -0.39 is 0 Å². The highest BCUT2D eigenvalue weighted by atomic mass is 16.5. The summed E-state index contributed by atoms with van der Waals surface area (Å²) in [5, 5.41) is 7.05. The fourth-order valence-electron chi connectivity index (χ4n) is 3.53. The van der Waals surface area contributed by atoms with Crippen molar-refractivity contribution in [2.75, 3.05) is 32.8 Å². The zero-order valence-electron chi connectivity index (χ0n) is 15.4. The third-order valence-corrected chi connectivity index (χ3v) is 5.13. The summed E-state index contributed by atoms with van der Waals surface area (Å²) in [5.74, 6) is 1.35. The molecule has 1 amide bonds. The van der Waals surface area contributed by atoms with E-state index in [-0.39, 0.29) is 5.91 Å². The van der Waals surface area contributed by atoms with Crippen LogP contribution >= 0.6 is 0 Å². The standard InChI is InChI=1S/C18H31N3O3/c1-5-15(6-2)17(21-7-9-23-10-8-21)12-19-18(22)11-16-13(3)20-24-14(16)4/h15,17H,5-12H2,1-4H3,(H,19,22). The van der Waals surface area contributed by atoms with E-state index in [9.17, 15) is 4.79 Å². The Kier molecular flexibility index (Phi) is 7.24. The Morgan fingerprint density at radius 1 is 1.25 bits per heavy atom. The Balaban J connectivity index is 1.94. The molecule has 1 aromatic heterocycles.